The maximum Gasteiger partial charge on any atom is 0.130 e. The van der Waals surface area contributed by atoms with Crippen molar-refractivity contribution in [3.05, 3.63) is 41.7 Å². The lowest BCUT2D eigenvalue weighted by atomic mass is 10.2. The standard InChI is InChI=1S/C15H19N3S/c1-4-9-16-14-10-15(18-12(3)17-14)19-13-7-5-11(2)6-8-13/h5-8,10H,4,9H2,1-3H3,(H,16,17,18). The molecule has 2 rings (SSSR count). The SMILES string of the molecule is CCCNc1cc(Sc2ccc(C)cc2)nc(C)n1. The van der Waals surface area contributed by atoms with Gasteiger partial charge in [-0.25, -0.2) is 9.97 Å². The molecule has 0 unspecified atom stereocenters. The van der Waals surface area contributed by atoms with Gasteiger partial charge in [-0.15, -0.1) is 0 Å². The lowest BCUT2D eigenvalue weighted by Gasteiger charge is -2.07. The molecule has 100 valence electrons. The number of hydrogen-bond donors (Lipinski definition) is 1. The first kappa shape index (κ1) is 13.9. The van der Waals surface area contributed by atoms with Crippen LogP contribution in [0.15, 0.2) is 40.3 Å². The topological polar surface area (TPSA) is 37.8 Å². The number of hydrogen-bond acceptors (Lipinski definition) is 4. The van der Waals surface area contributed by atoms with Gasteiger partial charge in [-0.1, -0.05) is 36.4 Å². The summed E-state index contributed by atoms with van der Waals surface area (Å²) in [7, 11) is 0. The Morgan fingerprint density at radius 3 is 2.53 bits per heavy atom. The molecule has 0 amide bonds. The second-order valence-electron chi connectivity index (χ2n) is 4.48. The summed E-state index contributed by atoms with van der Waals surface area (Å²) in [6.45, 7) is 7.10. The van der Waals surface area contributed by atoms with E-state index < -0.39 is 0 Å². The highest BCUT2D eigenvalue weighted by Crippen LogP contribution is 2.27. The number of aryl methyl sites for hydroxylation is 2. The third kappa shape index (κ3) is 4.24. The van der Waals surface area contributed by atoms with Crippen LogP contribution >= 0.6 is 11.8 Å². The van der Waals surface area contributed by atoms with Gasteiger partial charge in [0.25, 0.3) is 0 Å². The third-order valence-corrected chi connectivity index (χ3v) is 3.54. The first-order valence-corrected chi connectivity index (χ1v) is 7.33. The molecule has 1 aromatic heterocycles. The van der Waals surface area contributed by atoms with Gasteiger partial charge in [-0.05, 0) is 32.4 Å². The molecule has 0 aliphatic rings. The molecule has 1 heterocycles. The number of aromatic nitrogens is 2. The van der Waals surface area contributed by atoms with E-state index in [-0.39, 0.29) is 0 Å². The van der Waals surface area contributed by atoms with E-state index in [1.807, 2.05) is 13.0 Å². The fraction of sp³-hybridized carbons (Fsp3) is 0.333. The van der Waals surface area contributed by atoms with Gasteiger partial charge in [-0.2, -0.15) is 0 Å². The molecule has 2 aromatic rings. The summed E-state index contributed by atoms with van der Waals surface area (Å²) in [5, 5.41) is 4.29. The molecule has 1 N–H and O–H groups in total. The van der Waals surface area contributed by atoms with Crippen molar-refractivity contribution in [2.45, 2.75) is 37.1 Å². The Hall–Kier alpha value is -1.55. The van der Waals surface area contributed by atoms with Gasteiger partial charge < -0.3 is 5.32 Å². The Morgan fingerprint density at radius 2 is 1.84 bits per heavy atom. The minimum atomic E-state index is 0.802. The Morgan fingerprint density at radius 1 is 1.11 bits per heavy atom. The summed E-state index contributed by atoms with van der Waals surface area (Å²) in [4.78, 5) is 10.1. The van der Waals surface area contributed by atoms with Crippen LogP contribution in [0, 0.1) is 13.8 Å². The molecule has 0 saturated heterocycles. The Kier molecular flexibility index (Phi) is 4.80. The molecular formula is C15H19N3S. The van der Waals surface area contributed by atoms with E-state index in [9.17, 15) is 0 Å². The number of nitrogens with zero attached hydrogens (tertiary/aromatic N) is 2. The highest BCUT2D eigenvalue weighted by molar-refractivity contribution is 7.99. The van der Waals surface area contributed by atoms with E-state index in [0.29, 0.717) is 0 Å². The maximum absolute atomic E-state index is 4.47. The van der Waals surface area contributed by atoms with Crippen LogP contribution in [0.1, 0.15) is 24.7 Å². The molecule has 0 bridgehead atoms. The van der Waals surface area contributed by atoms with Crippen molar-refractivity contribution in [1.29, 1.82) is 0 Å². The van der Waals surface area contributed by atoms with Gasteiger partial charge in [0.1, 0.15) is 16.7 Å². The molecule has 0 aliphatic heterocycles. The summed E-state index contributed by atoms with van der Waals surface area (Å²) in [5.41, 5.74) is 1.27. The average molecular weight is 273 g/mol. The second kappa shape index (κ2) is 6.57. The molecule has 0 aliphatic carbocycles. The number of nitrogens with one attached hydrogen (secondary N) is 1. The summed E-state index contributed by atoms with van der Waals surface area (Å²) in [6, 6.07) is 10.5. The number of anilines is 1. The normalized spacial score (nSPS) is 10.5. The number of rotatable bonds is 5. The molecule has 3 nitrogen and oxygen atoms in total. The largest absolute Gasteiger partial charge is 0.370 e. The molecule has 4 heteroatoms. The molecule has 0 radical (unpaired) electrons. The molecular weight excluding hydrogens is 254 g/mol. The van der Waals surface area contributed by atoms with Crippen LogP contribution in [-0.4, -0.2) is 16.5 Å². The van der Waals surface area contributed by atoms with Crippen LogP contribution in [0.3, 0.4) is 0 Å². The first-order valence-electron chi connectivity index (χ1n) is 6.51. The van der Waals surface area contributed by atoms with Gasteiger partial charge in [0.2, 0.25) is 0 Å². The third-order valence-electron chi connectivity index (χ3n) is 2.61. The minimum absolute atomic E-state index is 0.802. The monoisotopic (exact) mass is 273 g/mol. The first-order chi connectivity index (χ1) is 9.17. The van der Waals surface area contributed by atoms with Crippen LogP contribution in [-0.2, 0) is 0 Å². The molecule has 0 fully saturated rings. The summed E-state index contributed by atoms with van der Waals surface area (Å²) < 4.78 is 0. The average Bonchev–Trinajstić information content (AvgIpc) is 2.38. The van der Waals surface area contributed by atoms with E-state index in [2.05, 4.69) is 53.4 Å². The van der Waals surface area contributed by atoms with Crippen LogP contribution in [0.5, 0.6) is 0 Å². The van der Waals surface area contributed by atoms with Crippen LogP contribution in [0.25, 0.3) is 0 Å². The molecule has 19 heavy (non-hydrogen) atoms. The quantitative estimate of drug-likeness (QED) is 0.833. The van der Waals surface area contributed by atoms with Crippen LogP contribution in [0.2, 0.25) is 0 Å². The molecule has 0 saturated carbocycles. The highest BCUT2D eigenvalue weighted by Gasteiger charge is 2.03. The second-order valence-corrected chi connectivity index (χ2v) is 5.57. The van der Waals surface area contributed by atoms with Gasteiger partial charge in [0.05, 0.1) is 0 Å². The van der Waals surface area contributed by atoms with Crippen LogP contribution in [0.4, 0.5) is 5.82 Å². The zero-order valence-electron chi connectivity index (χ0n) is 11.6. The van der Waals surface area contributed by atoms with Crippen molar-refractivity contribution in [3.8, 4) is 0 Å². The van der Waals surface area contributed by atoms with Gasteiger partial charge in [0, 0.05) is 17.5 Å². The van der Waals surface area contributed by atoms with Crippen molar-refractivity contribution >= 4 is 17.6 Å². The fourth-order valence-electron chi connectivity index (χ4n) is 1.66. The van der Waals surface area contributed by atoms with E-state index >= 15 is 0 Å². The Bertz CT molecular complexity index is 538. The summed E-state index contributed by atoms with van der Waals surface area (Å²) in [5.74, 6) is 1.71. The van der Waals surface area contributed by atoms with Crippen molar-refractivity contribution in [3.63, 3.8) is 0 Å². The Balaban J connectivity index is 2.15. The zero-order chi connectivity index (χ0) is 13.7. The van der Waals surface area contributed by atoms with E-state index in [1.54, 1.807) is 11.8 Å². The summed E-state index contributed by atoms with van der Waals surface area (Å²) >= 11 is 1.67. The maximum atomic E-state index is 4.47. The molecule has 0 atom stereocenters. The highest BCUT2D eigenvalue weighted by atomic mass is 32.2. The Labute approximate surface area is 118 Å². The zero-order valence-corrected chi connectivity index (χ0v) is 12.4. The summed E-state index contributed by atoms with van der Waals surface area (Å²) in [6.07, 6.45) is 1.09. The smallest absolute Gasteiger partial charge is 0.130 e. The van der Waals surface area contributed by atoms with Crippen molar-refractivity contribution in [1.82, 2.24) is 9.97 Å². The van der Waals surface area contributed by atoms with Crippen LogP contribution < -0.4 is 5.32 Å². The predicted molar refractivity (Wildman–Crippen MR) is 80.9 cm³/mol. The van der Waals surface area contributed by atoms with E-state index in [4.69, 9.17) is 0 Å². The van der Waals surface area contributed by atoms with Crippen molar-refractivity contribution in [2.75, 3.05) is 11.9 Å². The van der Waals surface area contributed by atoms with Crippen molar-refractivity contribution < 1.29 is 0 Å². The van der Waals surface area contributed by atoms with Gasteiger partial charge in [0.15, 0.2) is 0 Å². The van der Waals surface area contributed by atoms with Gasteiger partial charge >= 0.3 is 0 Å². The predicted octanol–water partition coefficient (Wildman–Crippen LogP) is 4.07. The molecule has 1 aromatic carbocycles. The lowest BCUT2D eigenvalue weighted by molar-refractivity contribution is 0.928. The van der Waals surface area contributed by atoms with Gasteiger partial charge in [-0.3, -0.25) is 0 Å². The van der Waals surface area contributed by atoms with Crippen molar-refractivity contribution in [2.24, 2.45) is 0 Å². The minimum Gasteiger partial charge on any atom is -0.370 e. The van der Waals surface area contributed by atoms with E-state index in [1.165, 1.54) is 10.5 Å². The molecule has 0 spiro atoms. The lowest BCUT2D eigenvalue weighted by Crippen LogP contribution is -2.04. The fourth-order valence-corrected chi connectivity index (χ4v) is 2.53. The van der Waals surface area contributed by atoms with E-state index in [0.717, 1.165) is 29.6 Å². The number of benzene rings is 1.